The van der Waals surface area contributed by atoms with Crippen molar-refractivity contribution in [2.75, 3.05) is 0 Å². The van der Waals surface area contributed by atoms with Crippen LogP contribution in [-0.4, -0.2) is 14.3 Å². The molecule has 0 aromatic heterocycles. The minimum absolute atomic E-state index is 0.00445. The number of benzene rings is 1. The van der Waals surface area contributed by atoms with Crippen LogP contribution in [0.25, 0.3) is 0 Å². The second-order valence-electron chi connectivity index (χ2n) is 4.98. The lowest BCUT2D eigenvalue weighted by molar-refractivity contribution is -0.123. The zero-order valence-electron chi connectivity index (χ0n) is 11.4. The third-order valence-corrected chi connectivity index (χ3v) is 4.74. The van der Waals surface area contributed by atoms with Crippen LogP contribution >= 0.6 is 0 Å². The van der Waals surface area contributed by atoms with E-state index in [0.29, 0.717) is 25.3 Å². The molecule has 1 amide bonds. The van der Waals surface area contributed by atoms with Crippen LogP contribution in [0.15, 0.2) is 29.2 Å². The van der Waals surface area contributed by atoms with Gasteiger partial charge in [0.15, 0.2) is 0 Å². The summed E-state index contributed by atoms with van der Waals surface area (Å²) in [4.78, 5) is 11.1. The smallest absolute Gasteiger partial charge is 0.267 e. The van der Waals surface area contributed by atoms with E-state index in [-0.39, 0.29) is 5.56 Å². The van der Waals surface area contributed by atoms with E-state index in [9.17, 15) is 22.0 Å². The van der Waals surface area contributed by atoms with Crippen LogP contribution in [-0.2, 0) is 14.8 Å². The van der Waals surface area contributed by atoms with Crippen LogP contribution < -0.4 is 4.72 Å². The van der Waals surface area contributed by atoms with Crippen molar-refractivity contribution in [2.24, 2.45) is 5.92 Å². The lowest BCUT2D eigenvalue weighted by atomic mass is 9.94. The first-order valence-corrected chi connectivity index (χ1v) is 7.97. The molecule has 0 fully saturated rings. The number of nitrogens with one attached hydrogen (secondary N) is 1. The Hall–Kier alpha value is -1.76. The van der Waals surface area contributed by atoms with Gasteiger partial charge in [-0.15, -0.1) is 0 Å². The van der Waals surface area contributed by atoms with E-state index in [0.717, 1.165) is 6.07 Å². The quantitative estimate of drug-likeness (QED) is 0.871. The molecule has 0 heterocycles. The van der Waals surface area contributed by atoms with Gasteiger partial charge >= 0.3 is 0 Å². The van der Waals surface area contributed by atoms with Gasteiger partial charge < -0.3 is 0 Å². The van der Waals surface area contributed by atoms with Gasteiger partial charge in [0.25, 0.3) is 10.0 Å². The van der Waals surface area contributed by atoms with Gasteiger partial charge in [0, 0.05) is 5.92 Å². The molecule has 1 N–H and O–H groups in total. The van der Waals surface area contributed by atoms with Crippen LogP contribution in [0.4, 0.5) is 8.78 Å². The zero-order valence-corrected chi connectivity index (χ0v) is 12.2. The Morgan fingerprint density at radius 1 is 1.24 bits per heavy atom. The van der Waals surface area contributed by atoms with Gasteiger partial charge in [-0.25, -0.2) is 21.9 Å². The topological polar surface area (TPSA) is 63.2 Å². The van der Waals surface area contributed by atoms with Gasteiger partial charge in [-0.3, -0.25) is 4.79 Å². The van der Waals surface area contributed by atoms with Gasteiger partial charge in [0.05, 0.1) is 0 Å². The fourth-order valence-electron chi connectivity index (χ4n) is 2.14. The Morgan fingerprint density at radius 3 is 2.57 bits per heavy atom. The standard InChI is InChI=1S/C14H15F2NO3S/c1-9-7-12(16)13(8-11(9)15)21(19,20)17-14(18)10-5-3-2-4-6-10/h2-3,7-8,10H,4-6H2,1H3,(H,17,18)/t10-/m0/s1. The van der Waals surface area contributed by atoms with Crippen LogP contribution in [0, 0.1) is 24.5 Å². The van der Waals surface area contributed by atoms with E-state index in [1.165, 1.54) is 6.92 Å². The largest absolute Gasteiger partial charge is 0.274 e. The molecular weight excluding hydrogens is 300 g/mol. The second-order valence-corrected chi connectivity index (χ2v) is 6.63. The van der Waals surface area contributed by atoms with Gasteiger partial charge in [-0.05, 0) is 43.9 Å². The van der Waals surface area contributed by atoms with Crippen molar-refractivity contribution in [3.63, 3.8) is 0 Å². The zero-order chi connectivity index (χ0) is 15.6. The highest BCUT2D eigenvalue weighted by Crippen LogP contribution is 2.21. The molecule has 0 radical (unpaired) electrons. The number of carbonyl (C=O) groups excluding carboxylic acids is 1. The molecule has 1 aliphatic rings. The van der Waals surface area contributed by atoms with Gasteiger partial charge in [0.1, 0.15) is 16.5 Å². The summed E-state index contributed by atoms with van der Waals surface area (Å²) < 4.78 is 53.0. The molecule has 0 saturated heterocycles. The summed E-state index contributed by atoms with van der Waals surface area (Å²) >= 11 is 0. The fraction of sp³-hybridized carbons (Fsp3) is 0.357. The second kappa shape index (κ2) is 5.93. The molecule has 0 unspecified atom stereocenters. The van der Waals surface area contributed by atoms with Crippen LogP contribution in [0.5, 0.6) is 0 Å². The molecule has 1 aromatic rings. The summed E-state index contributed by atoms with van der Waals surface area (Å²) in [6.45, 7) is 1.32. The summed E-state index contributed by atoms with van der Waals surface area (Å²) in [6.07, 6.45) is 5.36. The molecule has 0 saturated carbocycles. The average molecular weight is 315 g/mol. The number of amides is 1. The third kappa shape index (κ3) is 3.47. The van der Waals surface area contributed by atoms with E-state index in [1.54, 1.807) is 6.08 Å². The number of halogens is 2. The maximum absolute atomic E-state index is 13.7. The van der Waals surface area contributed by atoms with Crippen LogP contribution in [0.1, 0.15) is 24.8 Å². The first kappa shape index (κ1) is 15.6. The molecule has 21 heavy (non-hydrogen) atoms. The third-order valence-electron chi connectivity index (χ3n) is 3.38. The molecule has 114 valence electrons. The minimum atomic E-state index is -4.42. The maximum atomic E-state index is 13.7. The molecule has 1 aromatic carbocycles. The van der Waals surface area contributed by atoms with Crippen molar-refractivity contribution in [2.45, 2.75) is 31.1 Å². The van der Waals surface area contributed by atoms with Crippen molar-refractivity contribution < 1.29 is 22.0 Å². The van der Waals surface area contributed by atoms with E-state index in [4.69, 9.17) is 0 Å². The van der Waals surface area contributed by atoms with Crippen molar-refractivity contribution in [3.05, 3.63) is 41.5 Å². The Kier molecular flexibility index (Phi) is 4.41. The molecule has 7 heteroatoms. The van der Waals surface area contributed by atoms with Crippen molar-refractivity contribution in [1.29, 1.82) is 0 Å². The number of sulfonamides is 1. The first-order valence-electron chi connectivity index (χ1n) is 6.48. The van der Waals surface area contributed by atoms with E-state index in [1.807, 2.05) is 10.8 Å². The van der Waals surface area contributed by atoms with E-state index < -0.39 is 38.4 Å². The number of hydrogen-bond acceptors (Lipinski definition) is 3. The predicted molar refractivity (Wildman–Crippen MR) is 72.9 cm³/mol. The Morgan fingerprint density at radius 2 is 1.95 bits per heavy atom. The fourth-order valence-corrected chi connectivity index (χ4v) is 3.25. The van der Waals surface area contributed by atoms with Gasteiger partial charge in [-0.2, -0.15) is 0 Å². The Bertz CT molecular complexity index is 698. The monoisotopic (exact) mass is 315 g/mol. The Balaban J connectivity index is 2.24. The molecule has 2 rings (SSSR count). The maximum Gasteiger partial charge on any atom is 0.267 e. The number of carbonyl (C=O) groups is 1. The summed E-state index contributed by atoms with van der Waals surface area (Å²) in [5.41, 5.74) is -0.00445. The predicted octanol–water partition coefficient (Wildman–Crippen LogP) is 2.43. The van der Waals surface area contributed by atoms with Crippen LogP contribution in [0.3, 0.4) is 0 Å². The molecule has 4 nitrogen and oxygen atoms in total. The molecule has 0 aliphatic heterocycles. The SMILES string of the molecule is Cc1cc(F)c(S(=O)(=O)NC(=O)[C@H]2CC=CCC2)cc1F. The Labute approximate surface area is 121 Å². The minimum Gasteiger partial charge on any atom is -0.274 e. The summed E-state index contributed by atoms with van der Waals surface area (Å²) in [6, 6.07) is 1.37. The lowest BCUT2D eigenvalue weighted by Crippen LogP contribution is -2.36. The summed E-state index contributed by atoms with van der Waals surface area (Å²) in [7, 11) is -4.42. The molecular formula is C14H15F2NO3S. The average Bonchev–Trinajstić information content (AvgIpc) is 2.43. The number of rotatable bonds is 3. The normalized spacial score (nSPS) is 18.5. The van der Waals surface area contributed by atoms with Gasteiger partial charge in [-0.1, -0.05) is 12.2 Å². The molecule has 1 atom stereocenters. The van der Waals surface area contributed by atoms with E-state index in [2.05, 4.69) is 0 Å². The van der Waals surface area contributed by atoms with E-state index >= 15 is 0 Å². The molecule has 1 aliphatic carbocycles. The number of aryl methyl sites for hydroxylation is 1. The van der Waals surface area contributed by atoms with Crippen molar-refractivity contribution in [1.82, 2.24) is 4.72 Å². The lowest BCUT2D eigenvalue weighted by Gasteiger charge is -2.17. The highest BCUT2D eigenvalue weighted by Gasteiger charge is 2.27. The molecule has 0 spiro atoms. The van der Waals surface area contributed by atoms with Gasteiger partial charge in [0.2, 0.25) is 5.91 Å². The number of allylic oxidation sites excluding steroid dienone is 2. The van der Waals surface area contributed by atoms with Crippen molar-refractivity contribution >= 4 is 15.9 Å². The summed E-state index contributed by atoms with van der Waals surface area (Å²) in [5, 5.41) is 0. The van der Waals surface area contributed by atoms with Crippen LogP contribution in [0.2, 0.25) is 0 Å². The van der Waals surface area contributed by atoms with Crippen molar-refractivity contribution in [3.8, 4) is 0 Å². The first-order chi connectivity index (χ1) is 9.81. The summed E-state index contributed by atoms with van der Waals surface area (Å²) in [5.74, 6) is -3.09. The number of hydrogen-bond donors (Lipinski definition) is 1. The highest BCUT2D eigenvalue weighted by molar-refractivity contribution is 7.90. The molecule has 0 bridgehead atoms. The highest BCUT2D eigenvalue weighted by atomic mass is 32.2.